The van der Waals surface area contributed by atoms with Crippen LogP contribution in [-0.4, -0.2) is 62.2 Å². The molecule has 1 rings (SSSR count). The van der Waals surface area contributed by atoms with Crippen LogP contribution in [0.3, 0.4) is 0 Å². The van der Waals surface area contributed by atoms with E-state index in [9.17, 15) is 0 Å². The standard InChI is InChI=1S/C15H33N3/c1-12(2)14-11-18(9-7-8-17(5)6)15(10-16-14)13(3)4/h12-16H,7-11H2,1-6H3. The molecule has 0 bridgehead atoms. The molecular weight excluding hydrogens is 222 g/mol. The first kappa shape index (κ1) is 15.9. The SMILES string of the molecule is CC(C)C1CN(CCCN(C)C)C(C(C)C)CN1. The summed E-state index contributed by atoms with van der Waals surface area (Å²) in [6, 6.07) is 1.38. The summed E-state index contributed by atoms with van der Waals surface area (Å²) in [5.74, 6) is 1.47. The highest BCUT2D eigenvalue weighted by Crippen LogP contribution is 2.18. The van der Waals surface area contributed by atoms with E-state index in [-0.39, 0.29) is 0 Å². The van der Waals surface area contributed by atoms with Crippen molar-refractivity contribution in [2.45, 2.75) is 46.2 Å². The van der Waals surface area contributed by atoms with Crippen LogP contribution in [0.1, 0.15) is 34.1 Å². The second kappa shape index (κ2) is 7.46. The Morgan fingerprint density at radius 3 is 2.33 bits per heavy atom. The monoisotopic (exact) mass is 255 g/mol. The summed E-state index contributed by atoms with van der Waals surface area (Å²) in [7, 11) is 4.32. The third kappa shape index (κ3) is 4.87. The first-order chi connectivity index (χ1) is 8.41. The largest absolute Gasteiger partial charge is 0.311 e. The molecule has 0 spiro atoms. The van der Waals surface area contributed by atoms with Crippen molar-refractivity contribution in [1.29, 1.82) is 0 Å². The lowest BCUT2D eigenvalue weighted by molar-refractivity contribution is 0.0821. The second-order valence-corrected chi connectivity index (χ2v) is 6.72. The molecule has 0 radical (unpaired) electrons. The minimum absolute atomic E-state index is 0.666. The highest BCUT2D eigenvalue weighted by Gasteiger charge is 2.30. The highest BCUT2D eigenvalue weighted by atomic mass is 15.2. The maximum absolute atomic E-state index is 3.73. The van der Waals surface area contributed by atoms with E-state index in [1.54, 1.807) is 0 Å². The van der Waals surface area contributed by atoms with Crippen LogP contribution in [-0.2, 0) is 0 Å². The fraction of sp³-hybridized carbons (Fsp3) is 1.00. The zero-order valence-electron chi connectivity index (χ0n) is 13.2. The van der Waals surface area contributed by atoms with Crippen LogP contribution in [0.25, 0.3) is 0 Å². The van der Waals surface area contributed by atoms with Gasteiger partial charge in [-0.3, -0.25) is 4.90 Å². The number of hydrogen-bond acceptors (Lipinski definition) is 3. The molecule has 0 aromatic rings. The molecule has 1 fully saturated rings. The van der Waals surface area contributed by atoms with E-state index in [1.165, 1.54) is 26.1 Å². The van der Waals surface area contributed by atoms with Crippen molar-refractivity contribution in [3.63, 3.8) is 0 Å². The molecule has 1 heterocycles. The van der Waals surface area contributed by atoms with Crippen molar-refractivity contribution in [3.05, 3.63) is 0 Å². The third-order valence-electron chi connectivity index (χ3n) is 4.11. The van der Waals surface area contributed by atoms with Crippen molar-refractivity contribution in [3.8, 4) is 0 Å². The van der Waals surface area contributed by atoms with E-state index in [0.29, 0.717) is 12.1 Å². The van der Waals surface area contributed by atoms with Gasteiger partial charge in [-0.05, 0) is 45.4 Å². The highest BCUT2D eigenvalue weighted by molar-refractivity contribution is 4.88. The summed E-state index contributed by atoms with van der Waals surface area (Å²) in [5.41, 5.74) is 0. The van der Waals surface area contributed by atoms with E-state index in [4.69, 9.17) is 0 Å². The molecule has 3 nitrogen and oxygen atoms in total. The van der Waals surface area contributed by atoms with Gasteiger partial charge >= 0.3 is 0 Å². The molecule has 1 aliphatic heterocycles. The van der Waals surface area contributed by atoms with E-state index in [1.807, 2.05) is 0 Å². The number of hydrogen-bond donors (Lipinski definition) is 1. The van der Waals surface area contributed by atoms with Crippen LogP contribution in [0, 0.1) is 11.8 Å². The van der Waals surface area contributed by atoms with Gasteiger partial charge in [-0.25, -0.2) is 0 Å². The summed E-state index contributed by atoms with van der Waals surface area (Å²) < 4.78 is 0. The fourth-order valence-electron chi connectivity index (χ4n) is 2.80. The zero-order chi connectivity index (χ0) is 13.7. The fourth-order valence-corrected chi connectivity index (χ4v) is 2.80. The van der Waals surface area contributed by atoms with Crippen LogP contribution < -0.4 is 5.32 Å². The number of nitrogens with zero attached hydrogens (tertiary/aromatic N) is 2. The first-order valence-corrected chi connectivity index (χ1v) is 7.54. The molecule has 1 N–H and O–H groups in total. The average molecular weight is 255 g/mol. The number of piperazine rings is 1. The van der Waals surface area contributed by atoms with Gasteiger partial charge in [0.1, 0.15) is 0 Å². The van der Waals surface area contributed by atoms with Gasteiger partial charge in [0.25, 0.3) is 0 Å². The Hall–Kier alpha value is -0.120. The average Bonchev–Trinajstić information content (AvgIpc) is 2.27. The lowest BCUT2D eigenvalue weighted by Crippen LogP contribution is -2.59. The van der Waals surface area contributed by atoms with Crippen LogP contribution >= 0.6 is 0 Å². The topological polar surface area (TPSA) is 18.5 Å². The first-order valence-electron chi connectivity index (χ1n) is 7.54. The molecule has 108 valence electrons. The van der Waals surface area contributed by atoms with Gasteiger partial charge in [-0.2, -0.15) is 0 Å². The lowest BCUT2D eigenvalue weighted by atomic mass is 9.94. The summed E-state index contributed by atoms with van der Waals surface area (Å²) in [6.45, 7) is 14.2. The molecule has 2 unspecified atom stereocenters. The second-order valence-electron chi connectivity index (χ2n) is 6.72. The van der Waals surface area contributed by atoms with Gasteiger partial charge in [0, 0.05) is 25.2 Å². The van der Waals surface area contributed by atoms with E-state index < -0.39 is 0 Å². The molecule has 0 aliphatic carbocycles. The Morgan fingerprint density at radius 1 is 1.17 bits per heavy atom. The van der Waals surface area contributed by atoms with E-state index in [0.717, 1.165) is 18.4 Å². The number of nitrogens with one attached hydrogen (secondary N) is 1. The molecule has 3 heteroatoms. The van der Waals surface area contributed by atoms with Crippen LogP contribution in [0.15, 0.2) is 0 Å². The van der Waals surface area contributed by atoms with Gasteiger partial charge in [0.05, 0.1) is 0 Å². The Kier molecular flexibility index (Phi) is 6.61. The molecule has 0 amide bonds. The van der Waals surface area contributed by atoms with E-state index in [2.05, 4.69) is 56.9 Å². The smallest absolute Gasteiger partial charge is 0.0244 e. The van der Waals surface area contributed by atoms with Crippen molar-refractivity contribution < 1.29 is 0 Å². The molecule has 0 aromatic carbocycles. The minimum atomic E-state index is 0.666. The summed E-state index contributed by atoms with van der Waals surface area (Å²) in [6.07, 6.45) is 1.28. The third-order valence-corrected chi connectivity index (χ3v) is 4.11. The van der Waals surface area contributed by atoms with Crippen LogP contribution in [0.4, 0.5) is 0 Å². The molecule has 18 heavy (non-hydrogen) atoms. The van der Waals surface area contributed by atoms with Gasteiger partial charge in [0.2, 0.25) is 0 Å². The predicted molar refractivity (Wildman–Crippen MR) is 80.0 cm³/mol. The Labute approximate surface area is 114 Å². The van der Waals surface area contributed by atoms with E-state index >= 15 is 0 Å². The normalized spacial score (nSPS) is 26.5. The molecular formula is C15H33N3. The quantitative estimate of drug-likeness (QED) is 0.782. The molecule has 1 aliphatic rings. The number of rotatable bonds is 6. The van der Waals surface area contributed by atoms with Crippen LogP contribution in [0.2, 0.25) is 0 Å². The van der Waals surface area contributed by atoms with Gasteiger partial charge in [-0.1, -0.05) is 27.7 Å². The summed E-state index contributed by atoms with van der Waals surface area (Å²) in [4.78, 5) is 5.00. The predicted octanol–water partition coefficient (Wildman–Crippen LogP) is 1.89. The van der Waals surface area contributed by atoms with Crippen molar-refractivity contribution in [1.82, 2.24) is 15.1 Å². The summed E-state index contributed by atoms with van der Waals surface area (Å²) >= 11 is 0. The maximum Gasteiger partial charge on any atom is 0.0244 e. The van der Waals surface area contributed by atoms with Crippen LogP contribution in [0.5, 0.6) is 0 Å². The van der Waals surface area contributed by atoms with Gasteiger partial charge in [0.15, 0.2) is 0 Å². The Bertz CT molecular complexity index is 226. The molecule has 2 atom stereocenters. The van der Waals surface area contributed by atoms with Crippen molar-refractivity contribution >= 4 is 0 Å². The maximum atomic E-state index is 3.73. The Balaban J connectivity index is 2.49. The summed E-state index contributed by atoms with van der Waals surface area (Å²) in [5, 5.41) is 3.73. The molecule has 0 saturated carbocycles. The molecule has 0 aromatic heterocycles. The zero-order valence-corrected chi connectivity index (χ0v) is 13.2. The van der Waals surface area contributed by atoms with Gasteiger partial charge in [-0.15, -0.1) is 0 Å². The van der Waals surface area contributed by atoms with Crippen molar-refractivity contribution in [2.75, 3.05) is 40.3 Å². The lowest BCUT2D eigenvalue weighted by Gasteiger charge is -2.44. The minimum Gasteiger partial charge on any atom is -0.311 e. The molecule has 1 saturated heterocycles. The van der Waals surface area contributed by atoms with Gasteiger partial charge < -0.3 is 10.2 Å². The Morgan fingerprint density at radius 2 is 1.83 bits per heavy atom. The van der Waals surface area contributed by atoms with Crippen molar-refractivity contribution in [2.24, 2.45) is 11.8 Å².